The maximum absolute atomic E-state index is 11.9. The summed E-state index contributed by atoms with van der Waals surface area (Å²) in [6.45, 7) is 0. The molecule has 0 unspecified atom stereocenters. The normalized spacial score (nSPS) is 21.5. The number of rotatable bonds is 3. The molecule has 1 aromatic carbocycles. The largest absolute Gasteiger partial charge is 0.490 e. The van der Waals surface area contributed by atoms with E-state index in [0.717, 1.165) is 29.7 Å². The zero-order chi connectivity index (χ0) is 14.9. The molecular formula is C17H19N3O2. The number of aromatic amines is 1. The smallest absolute Gasteiger partial charge is 0.226 e. The van der Waals surface area contributed by atoms with Crippen molar-refractivity contribution in [1.29, 1.82) is 0 Å². The van der Waals surface area contributed by atoms with Gasteiger partial charge < -0.3 is 10.1 Å². The van der Waals surface area contributed by atoms with E-state index in [1.807, 2.05) is 12.1 Å². The molecule has 0 spiro atoms. The Bertz CT molecular complexity index is 689. The number of anilines is 1. The molecule has 1 aliphatic carbocycles. The first-order valence-corrected chi connectivity index (χ1v) is 7.89. The van der Waals surface area contributed by atoms with Gasteiger partial charge in [0.2, 0.25) is 5.91 Å². The van der Waals surface area contributed by atoms with Gasteiger partial charge in [-0.15, -0.1) is 0 Å². The lowest BCUT2D eigenvalue weighted by Gasteiger charge is -2.23. The summed E-state index contributed by atoms with van der Waals surface area (Å²) < 4.78 is 6.08. The van der Waals surface area contributed by atoms with Crippen LogP contribution in [0.3, 0.4) is 0 Å². The number of carbonyl (C=O) groups excluding carboxylic acids is 1. The second-order valence-corrected chi connectivity index (χ2v) is 6.10. The van der Waals surface area contributed by atoms with Crippen LogP contribution < -0.4 is 10.1 Å². The summed E-state index contributed by atoms with van der Waals surface area (Å²) in [5, 5.41) is 9.72. The maximum Gasteiger partial charge on any atom is 0.226 e. The molecule has 0 saturated heterocycles. The number of nitrogens with one attached hydrogen (secondary N) is 2. The highest BCUT2D eigenvalue weighted by molar-refractivity contribution is 5.94. The summed E-state index contributed by atoms with van der Waals surface area (Å²) in [5.41, 5.74) is 2.14. The number of nitrogens with zero attached hydrogens (tertiary/aromatic N) is 1. The molecule has 2 aliphatic rings. The Morgan fingerprint density at radius 2 is 2.09 bits per heavy atom. The topological polar surface area (TPSA) is 67.0 Å². The van der Waals surface area contributed by atoms with E-state index >= 15 is 0 Å². The Kier molecular flexibility index (Phi) is 3.33. The van der Waals surface area contributed by atoms with E-state index < -0.39 is 0 Å². The number of ether oxygens (including phenoxy) is 1. The van der Waals surface area contributed by atoms with Crippen molar-refractivity contribution in [2.45, 2.75) is 44.1 Å². The Hall–Kier alpha value is -2.30. The average molecular weight is 297 g/mol. The summed E-state index contributed by atoms with van der Waals surface area (Å²) in [4.78, 5) is 11.9. The van der Waals surface area contributed by atoms with Crippen LogP contribution in [-0.2, 0) is 4.79 Å². The Morgan fingerprint density at radius 3 is 2.95 bits per heavy atom. The van der Waals surface area contributed by atoms with Gasteiger partial charge in [-0.05, 0) is 43.4 Å². The average Bonchev–Trinajstić information content (AvgIpc) is 3.18. The van der Waals surface area contributed by atoms with Gasteiger partial charge in [-0.2, -0.15) is 5.10 Å². The number of benzene rings is 1. The Balaban J connectivity index is 1.61. The third kappa shape index (κ3) is 2.47. The van der Waals surface area contributed by atoms with Gasteiger partial charge in [-0.3, -0.25) is 9.89 Å². The monoisotopic (exact) mass is 297 g/mol. The van der Waals surface area contributed by atoms with Gasteiger partial charge in [-0.1, -0.05) is 12.1 Å². The third-order valence-corrected chi connectivity index (χ3v) is 4.56. The molecule has 1 aromatic heterocycles. The minimum Gasteiger partial charge on any atom is -0.490 e. The standard InChI is InChI=1S/C17H19N3O2/c21-16-9-14(15-10-18-20-17(15)19-16)11-4-3-7-13(8-11)22-12-5-1-2-6-12/h3-4,7-8,10,12,14H,1-2,5-6,9H2,(H2,18,19,20,21)/t14-/m0/s1. The zero-order valence-corrected chi connectivity index (χ0v) is 12.3. The van der Waals surface area contributed by atoms with Gasteiger partial charge in [-0.25, -0.2) is 0 Å². The molecule has 2 N–H and O–H groups in total. The van der Waals surface area contributed by atoms with Crippen molar-refractivity contribution < 1.29 is 9.53 Å². The highest BCUT2D eigenvalue weighted by Crippen LogP contribution is 2.37. The fourth-order valence-corrected chi connectivity index (χ4v) is 3.45. The highest BCUT2D eigenvalue weighted by atomic mass is 16.5. The number of fused-ring (bicyclic) bond motifs is 1. The van der Waals surface area contributed by atoms with Crippen LogP contribution in [0.5, 0.6) is 5.75 Å². The summed E-state index contributed by atoms with van der Waals surface area (Å²) >= 11 is 0. The van der Waals surface area contributed by atoms with E-state index in [1.165, 1.54) is 12.8 Å². The molecule has 1 aliphatic heterocycles. The van der Waals surface area contributed by atoms with Crippen molar-refractivity contribution in [1.82, 2.24) is 10.2 Å². The minimum atomic E-state index is 0.0175. The molecule has 114 valence electrons. The van der Waals surface area contributed by atoms with E-state index in [1.54, 1.807) is 6.20 Å². The predicted octanol–water partition coefficient (Wildman–Crippen LogP) is 3.21. The van der Waals surface area contributed by atoms with E-state index in [-0.39, 0.29) is 11.8 Å². The van der Waals surface area contributed by atoms with E-state index in [0.29, 0.717) is 18.3 Å². The van der Waals surface area contributed by atoms with Crippen molar-refractivity contribution in [2.75, 3.05) is 5.32 Å². The lowest BCUT2D eigenvalue weighted by Crippen LogP contribution is -2.23. The van der Waals surface area contributed by atoms with E-state index in [4.69, 9.17) is 4.74 Å². The van der Waals surface area contributed by atoms with Gasteiger partial charge in [0.25, 0.3) is 0 Å². The first-order chi connectivity index (χ1) is 10.8. The molecule has 5 nitrogen and oxygen atoms in total. The molecule has 1 atom stereocenters. The quantitative estimate of drug-likeness (QED) is 0.914. The number of amides is 1. The first kappa shape index (κ1) is 13.4. The molecule has 5 heteroatoms. The number of carbonyl (C=O) groups is 1. The second kappa shape index (κ2) is 5.48. The second-order valence-electron chi connectivity index (χ2n) is 6.10. The fraction of sp³-hybridized carbons (Fsp3) is 0.412. The number of aromatic nitrogens is 2. The van der Waals surface area contributed by atoms with Gasteiger partial charge in [0, 0.05) is 17.9 Å². The van der Waals surface area contributed by atoms with Crippen molar-refractivity contribution in [3.63, 3.8) is 0 Å². The molecule has 1 amide bonds. The van der Waals surface area contributed by atoms with E-state index in [2.05, 4.69) is 27.6 Å². The first-order valence-electron chi connectivity index (χ1n) is 7.89. The van der Waals surface area contributed by atoms with Crippen LogP contribution in [0.1, 0.15) is 49.1 Å². The summed E-state index contributed by atoms with van der Waals surface area (Å²) in [6.07, 6.45) is 7.37. The predicted molar refractivity (Wildman–Crippen MR) is 83.0 cm³/mol. The van der Waals surface area contributed by atoms with Crippen molar-refractivity contribution >= 4 is 11.7 Å². The van der Waals surface area contributed by atoms with Crippen LogP contribution in [0.2, 0.25) is 0 Å². The van der Waals surface area contributed by atoms with Crippen molar-refractivity contribution in [2.24, 2.45) is 0 Å². The fourth-order valence-electron chi connectivity index (χ4n) is 3.45. The number of hydrogen-bond acceptors (Lipinski definition) is 3. The number of H-pyrrole nitrogens is 1. The van der Waals surface area contributed by atoms with Gasteiger partial charge in [0.15, 0.2) is 0 Å². The summed E-state index contributed by atoms with van der Waals surface area (Å²) in [5.74, 6) is 1.67. The SMILES string of the molecule is O=C1C[C@@H](c2cccc(OC3CCCC3)c2)c2cn[nH]c2N1. The van der Waals surface area contributed by atoms with Crippen LogP contribution in [0.15, 0.2) is 30.5 Å². The molecule has 2 heterocycles. The third-order valence-electron chi connectivity index (χ3n) is 4.56. The van der Waals surface area contributed by atoms with Crippen LogP contribution in [0.4, 0.5) is 5.82 Å². The molecule has 1 saturated carbocycles. The van der Waals surface area contributed by atoms with Gasteiger partial charge in [0.1, 0.15) is 11.6 Å². The van der Waals surface area contributed by atoms with Crippen LogP contribution in [0, 0.1) is 0 Å². The van der Waals surface area contributed by atoms with Crippen molar-refractivity contribution in [3.8, 4) is 5.75 Å². The Labute approximate surface area is 129 Å². The molecule has 0 radical (unpaired) electrons. The molecule has 0 bridgehead atoms. The van der Waals surface area contributed by atoms with Crippen LogP contribution in [-0.4, -0.2) is 22.2 Å². The molecule has 2 aromatic rings. The van der Waals surface area contributed by atoms with Gasteiger partial charge >= 0.3 is 0 Å². The van der Waals surface area contributed by atoms with Gasteiger partial charge in [0.05, 0.1) is 12.3 Å². The van der Waals surface area contributed by atoms with Crippen LogP contribution >= 0.6 is 0 Å². The van der Waals surface area contributed by atoms with Crippen molar-refractivity contribution in [3.05, 3.63) is 41.6 Å². The molecular weight excluding hydrogens is 278 g/mol. The lowest BCUT2D eigenvalue weighted by molar-refractivity contribution is -0.116. The molecule has 4 rings (SSSR count). The maximum atomic E-state index is 11.9. The molecule has 1 fully saturated rings. The summed E-state index contributed by atoms with van der Waals surface area (Å²) in [6, 6.07) is 8.13. The Morgan fingerprint density at radius 1 is 1.23 bits per heavy atom. The van der Waals surface area contributed by atoms with E-state index in [9.17, 15) is 4.79 Å². The molecule has 22 heavy (non-hydrogen) atoms. The lowest BCUT2D eigenvalue weighted by atomic mass is 9.87. The zero-order valence-electron chi connectivity index (χ0n) is 12.3. The summed E-state index contributed by atoms with van der Waals surface area (Å²) in [7, 11) is 0. The highest BCUT2D eigenvalue weighted by Gasteiger charge is 2.28. The minimum absolute atomic E-state index is 0.0175. The number of hydrogen-bond donors (Lipinski definition) is 2. The van der Waals surface area contributed by atoms with Crippen LogP contribution in [0.25, 0.3) is 0 Å².